The first-order valence-electron chi connectivity index (χ1n) is 9.36. The van der Waals surface area contributed by atoms with Gasteiger partial charge >= 0.3 is 0 Å². The summed E-state index contributed by atoms with van der Waals surface area (Å²) < 4.78 is 19.8. The molecule has 0 amide bonds. The standard InChI is InChI=1S/C21H20FN5O2/c1-3-29-20-16(9-24-10-25-20)15-8-13(22)4-5-14(15)12-6-17-19(18(28)7-12)11(2)26-21(23)27-17/h4-5,8-10,12H,3,6-7H2,1-2H3,(H2,23,26,27). The van der Waals surface area contributed by atoms with E-state index in [1.807, 2.05) is 6.92 Å². The fraction of sp³-hybridized carbons (Fsp3) is 0.286. The van der Waals surface area contributed by atoms with E-state index in [4.69, 9.17) is 10.5 Å². The number of nitrogens with two attached hydrogens (primary N) is 1. The summed E-state index contributed by atoms with van der Waals surface area (Å²) in [4.78, 5) is 29.5. The van der Waals surface area contributed by atoms with Crippen LogP contribution < -0.4 is 10.5 Å². The number of ether oxygens (including phenoxy) is 1. The lowest BCUT2D eigenvalue weighted by molar-refractivity contribution is 0.0962. The number of carbonyl (C=O) groups is 1. The number of fused-ring (bicyclic) bond motifs is 1. The topological polar surface area (TPSA) is 104 Å². The Morgan fingerprint density at radius 3 is 2.86 bits per heavy atom. The summed E-state index contributed by atoms with van der Waals surface area (Å²) in [6, 6.07) is 4.52. The first kappa shape index (κ1) is 18.9. The molecule has 0 fully saturated rings. The second-order valence-electron chi connectivity index (χ2n) is 6.92. The highest BCUT2D eigenvalue weighted by Crippen LogP contribution is 2.40. The van der Waals surface area contributed by atoms with Gasteiger partial charge in [0, 0.05) is 12.6 Å². The van der Waals surface area contributed by atoms with Crippen LogP contribution in [-0.4, -0.2) is 32.3 Å². The number of hydrogen-bond acceptors (Lipinski definition) is 7. The van der Waals surface area contributed by atoms with Crippen molar-refractivity contribution in [2.45, 2.75) is 32.6 Å². The summed E-state index contributed by atoms with van der Waals surface area (Å²) in [6.45, 7) is 4.02. The summed E-state index contributed by atoms with van der Waals surface area (Å²) in [5.41, 5.74) is 9.55. The van der Waals surface area contributed by atoms with Crippen LogP contribution in [0.3, 0.4) is 0 Å². The molecule has 4 rings (SSSR count). The molecule has 1 atom stereocenters. The average molecular weight is 393 g/mol. The number of benzene rings is 1. The largest absolute Gasteiger partial charge is 0.477 e. The van der Waals surface area contributed by atoms with Gasteiger partial charge < -0.3 is 10.5 Å². The lowest BCUT2D eigenvalue weighted by Crippen LogP contribution is -2.23. The number of Topliss-reactive ketones (excluding diaryl/α,β-unsaturated/α-hetero) is 1. The third-order valence-electron chi connectivity index (χ3n) is 5.03. The number of anilines is 1. The molecule has 1 aliphatic rings. The Kier molecular flexibility index (Phi) is 4.92. The van der Waals surface area contributed by atoms with Gasteiger partial charge in [-0.25, -0.2) is 24.3 Å². The Morgan fingerprint density at radius 1 is 1.24 bits per heavy atom. The molecule has 1 aliphatic carbocycles. The average Bonchev–Trinajstić information content (AvgIpc) is 2.67. The second kappa shape index (κ2) is 7.54. The van der Waals surface area contributed by atoms with Gasteiger partial charge in [0.2, 0.25) is 11.8 Å². The number of rotatable bonds is 4. The van der Waals surface area contributed by atoms with E-state index in [-0.39, 0.29) is 29.9 Å². The summed E-state index contributed by atoms with van der Waals surface area (Å²) in [6.07, 6.45) is 3.76. The van der Waals surface area contributed by atoms with Gasteiger partial charge in [-0.05, 0) is 49.4 Å². The molecule has 0 saturated carbocycles. The first-order valence-corrected chi connectivity index (χ1v) is 9.36. The molecule has 2 heterocycles. The maximum Gasteiger partial charge on any atom is 0.224 e. The Labute approximate surface area is 167 Å². The van der Waals surface area contributed by atoms with Crippen molar-refractivity contribution in [1.29, 1.82) is 0 Å². The molecule has 0 saturated heterocycles. The molecule has 148 valence electrons. The molecule has 1 unspecified atom stereocenters. The number of hydrogen-bond donors (Lipinski definition) is 1. The van der Waals surface area contributed by atoms with E-state index in [9.17, 15) is 9.18 Å². The van der Waals surface area contributed by atoms with Gasteiger partial charge in [-0.1, -0.05) is 6.07 Å². The Balaban J connectivity index is 1.82. The minimum absolute atomic E-state index is 0.0432. The normalized spacial score (nSPS) is 15.8. The van der Waals surface area contributed by atoms with E-state index in [1.54, 1.807) is 19.2 Å². The van der Waals surface area contributed by atoms with Crippen LogP contribution in [0.2, 0.25) is 0 Å². The van der Waals surface area contributed by atoms with Crippen LogP contribution in [0.4, 0.5) is 10.3 Å². The molecular weight excluding hydrogens is 373 g/mol. The number of nitrogen functional groups attached to an aromatic ring is 1. The van der Waals surface area contributed by atoms with Crippen LogP contribution in [0.15, 0.2) is 30.7 Å². The summed E-state index contributed by atoms with van der Waals surface area (Å²) in [5, 5.41) is 0. The minimum atomic E-state index is -0.389. The lowest BCUT2D eigenvalue weighted by Gasteiger charge is -2.26. The predicted octanol–water partition coefficient (Wildman–Crippen LogP) is 3.27. The zero-order valence-corrected chi connectivity index (χ0v) is 16.1. The molecule has 7 nitrogen and oxygen atoms in total. The van der Waals surface area contributed by atoms with Crippen LogP contribution in [0, 0.1) is 12.7 Å². The number of aromatic nitrogens is 4. The quantitative estimate of drug-likeness (QED) is 0.725. The molecule has 0 radical (unpaired) electrons. The van der Waals surface area contributed by atoms with E-state index in [1.165, 1.54) is 18.5 Å². The maximum atomic E-state index is 14.2. The van der Waals surface area contributed by atoms with Crippen molar-refractivity contribution >= 4 is 11.7 Å². The Bertz CT molecular complexity index is 1100. The molecule has 2 N–H and O–H groups in total. The number of nitrogens with zero attached hydrogens (tertiary/aromatic N) is 4. The van der Waals surface area contributed by atoms with Gasteiger partial charge in [0.1, 0.15) is 12.1 Å². The highest BCUT2D eigenvalue weighted by atomic mass is 19.1. The highest BCUT2D eigenvalue weighted by molar-refractivity contribution is 6.00. The van der Waals surface area contributed by atoms with Gasteiger partial charge in [-0.3, -0.25) is 4.79 Å². The van der Waals surface area contributed by atoms with Crippen molar-refractivity contribution in [2.24, 2.45) is 0 Å². The number of halogens is 1. The third kappa shape index (κ3) is 3.53. The van der Waals surface area contributed by atoms with Crippen LogP contribution >= 0.6 is 0 Å². The van der Waals surface area contributed by atoms with E-state index in [2.05, 4.69) is 19.9 Å². The number of ketones is 1. The summed E-state index contributed by atoms with van der Waals surface area (Å²) in [5.74, 6) is -0.101. The number of aryl methyl sites for hydroxylation is 1. The van der Waals surface area contributed by atoms with Crippen LogP contribution in [0.5, 0.6) is 5.88 Å². The van der Waals surface area contributed by atoms with E-state index in [0.717, 1.165) is 5.56 Å². The van der Waals surface area contributed by atoms with Crippen LogP contribution in [0.1, 0.15) is 46.6 Å². The lowest BCUT2D eigenvalue weighted by atomic mass is 9.79. The Hall–Kier alpha value is -3.42. The van der Waals surface area contributed by atoms with E-state index < -0.39 is 0 Å². The predicted molar refractivity (Wildman–Crippen MR) is 105 cm³/mol. The smallest absolute Gasteiger partial charge is 0.224 e. The van der Waals surface area contributed by atoms with Gasteiger partial charge in [0.15, 0.2) is 5.78 Å². The monoisotopic (exact) mass is 393 g/mol. The maximum absolute atomic E-state index is 14.2. The SMILES string of the molecule is CCOc1ncncc1-c1cc(F)ccc1C1CC(=O)c2c(C)nc(N)nc2C1. The van der Waals surface area contributed by atoms with E-state index >= 15 is 0 Å². The fourth-order valence-corrected chi connectivity index (χ4v) is 3.89. The highest BCUT2D eigenvalue weighted by Gasteiger charge is 2.31. The molecular formula is C21H20FN5O2. The van der Waals surface area contributed by atoms with Crippen LogP contribution in [0.25, 0.3) is 11.1 Å². The molecule has 0 bridgehead atoms. The molecule has 0 aliphatic heterocycles. The van der Waals surface area contributed by atoms with Gasteiger partial charge in [-0.15, -0.1) is 0 Å². The molecule has 2 aromatic heterocycles. The fourth-order valence-electron chi connectivity index (χ4n) is 3.89. The van der Waals surface area contributed by atoms with Crippen molar-refractivity contribution in [3.8, 4) is 17.0 Å². The zero-order chi connectivity index (χ0) is 20.5. The van der Waals surface area contributed by atoms with Crippen molar-refractivity contribution in [3.05, 3.63) is 59.1 Å². The van der Waals surface area contributed by atoms with Crippen molar-refractivity contribution in [2.75, 3.05) is 12.3 Å². The molecule has 0 spiro atoms. The van der Waals surface area contributed by atoms with Crippen LogP contribution in [-0.2, 0) is 6.42 Å². The van der Waals surface area contributed by atoms with Gasteiger partial charge in [-0.2, -0.15) is 0 Å². The first-order chi connectivity index (χ1) is 14.0. The second-order valence-corrected chi connectivity index (χ2v) is 6.92. The van der Waals surface area contributed by atoms with Crippen molar-refractivity contribution in [3.63, 3.8) is 0 Å². The van der Waals surface area contributed by atoms with Crippen molar-refractivity contribution < 1.29 is 13.9 Å². The summed E-state index contributed by atoms with van der Waals surface area (Å²) >= 11 is 0. The summed E-state index contributed by atoms with van der Waals surface area (Å²) in [7, 11) is 0. The zero-order valence-electron chi connectivity index (χ0n) is 16.1. The Morgan fingerprint density at radius 2 is 2.07 bits per heavy atom. The van der Waals surface area contributed by atoms with Gasteiger partial charge in [0.25, 0.3) is 0 Å². The molecule has 3 aromatic rings. The third-order valence-corrected chi connectivity index (χ3v) is 5.03. The van der Waals surface area contributed by atoms with E-state index in [0.29, 0.717) is 47.0 Å². The minimum Gasteiger partial charge on any atom is -0.477 e. The van der Waals surface area contributed by atoms with Gasteiger partial charge in [0.05, 0.1) is 29.1 Å². The molecule has 29 heavy (non-hydrogen) atoms. The number of carbonyl (C=O) groups excluding carboxylic acids is 1. The molecule has 8 heteroatoms. The van der Waals surface area contributed by atoms with Crippen molar-refractivity contribution in [1.82, 2.24) is 19.9 Å². The molecule has 1 aromatic carbocycles.